The molecular formula is C13H18N2O. The van der Waals surface area contributed by atoms with Crippen LogP contribution in [0, 0.1) is 5.92 Å². The Labute approximate surface area is 96.0 Å². The summed E-state index contributed by atoms with van der Waals surface area (Å²) in [6, 6.07) is 8.39. The molecule has 3 aliphatic rings. The molecule has 1 aromatic carbocycles. The van der Waals surface area contributed by atoms with Gasteiger partial charge in [0, 0.05) is 24.2 Å². The largest absolute Gasteiger partial charge is 0.490 e. The van der Waals surface area contributed by atoms with Crippen LogP contribution in [-0.2, 0) is 0 Å². The van der Waals surface area contributed by atoms with Crippen LogP contribution in [0.3, 0.4) is 0 Å². The molecule has 3 unspecified atom stereocenters. The number of fused-ring (bicyclic) bond motifs is 3. The second kappa shape index (κ2) is 3.98. The van der Waals surface area contributed by atoms with Gasteiger partial charge in [-0.05, 0) is 43.5 Å². The monoisotopic (exact) mass is 218 g/mol. The van der Waals surface area contributed by atoms with Crippen LogP contribution >= 0.6 is 0 Å². The molecule has 3 nitrogen and oxygen atoms in total. The number of anilines is 1. The van der Waals surface area contributed by atoms with E-state index in [9.17, 15) is 0 Å². The molecule has 0 aromatic heterocycles. The van der Waals surface area contributed by atoms with Gasteiger partial charge in [0.15, 0.2) is 0 Å². The molecule has 2 saturated heterocycles. The average Bonchev–Trinajstić information content (AvgIpc) is 2.34. The van der Waals surface area contributed by atoms with Crippen molar-refractivity contribution in [3.8, 4) is 5.75 Å². The summed E-state index contributed by atoms with van der Waals surface area (Å²) < 4.78 is 6.05. The number of benzene rings is 1. The zero-order valence-corrected chi connectivity index (χ0v) is 9.36. The highest BCUT2D eigenvalue weighted by molar-refractivity contribution is 5.41. The lowest BCUT2D eigenvalue weighted by Crippen LogP contribution is -2.53. The van der Waals surface area contributed by atoms with Crippen LogP contribution in [0.4, 0.5) is 5.69 Å². The van der Waals surface area contributed by atoms with Gasteiger partial charge in [0.25, 0.3) is 0 Å². The number of rotatable bonds is 2. The first-order chi connectivity index (χ1) is 7.81. The molecule has 1 saturated carbocycles. The lowest BCUT2D eigenvalue weighted by molar-refractivity contribution is 0.0415. The summed E-state index contributed by atoms with van der Waals surface area (Å²) in [5.74, 6) is 1.63. The number of hydrogen-bond donors (Lipinski definition) is 2. The summed E-state index contributed by atoms with van der Waals surface area (Å²) in [6.45, 7) is 1.12. The Morgan fingerprint density at radius 2 is 2.00 bits per heavy atom. The van der Waals surface area contributed by atoms with Gasteiger partial charge in [-0.15, -0.1) is 0 Å². The van der Waals surface area contributed by atoms with E-state index in [1.165, 1.54) is 12.8 Å². The highest BCUT2D eigenvalue weighted by atomic mass is 16.5. The van der Waals surface area contributed by atoms with Crippen molar-refractivity contribution in [1.29, 1.82) is 0 Å². The van der Waals surface area contributed by atoms with Gasteiger partial charge in [-0.1, -0.05) is 0 Å². The van der Waals surface area contributed by atoms with Gasteiger partial charge >= 0.3 is 0 Å². The molecule has 3 fully saturated rings. The lowest BCUT2D eigenvalue weighted by atomic mass is 9.79. The SMILES string of the molecule is Nc1ccc(OC2CC3CCC2CN3)cc1. The van der Waals surface area contributed by atoms with Crippen LogP contribution in [0.25, 0.3) is 0 Å². The van der Waals surface area contributed by atoms with Gasteiger partial charge in [-0.25, -0.2) is 0 Å². The lowest BCUT2D eigenvalue weighted by Gasteiger charge is -2.42. The summed E-state index contributed by atoms with van der Waals surface area (Å²) in [7, 11) is 0. The molecule has 1 aromatic rings. The summed E-state index contributed by atoms with van der Waals surface area (Å²) in [4.78, 5) is 0. The molecule has 86 valence electrons. The average molecular weight is 218 g/mol. The minimum Gasteiger partial charge on any atom is -0.490 e. The molecule has 2 aliphatic heterocycles. The van der Waals surface area contributed by atoms with Gasteiger partial charge < -0.3 is 15.8 Å². The molecule has 0 spiro atoms. The van der Waals surface area contributed by atoms with Crippen molar-refractivity contribution in [2.75, 3.05) is 12.3 Å². The molecule has 0 amide bonds. The topological polar surface area (TPSA) is 47.3 Å². The van der Waals surface area contributed by atoms with Gasteiger partial charge in [-0.3, -0.25) is 0 Å². The van der Waals surface area contributed by atoms with E-state index in [2.05, 4.69) is 5.32 Å². The number of nitrogens with two attached hydrogens (primary N) is 1. The van der Waals surface area contributed by atoms with E-state index >= 15 is 0 Å². The Kier molecular flexibility index (Phi) is 2.48. The van der Waals surface area contributed by atoms with Crippen molar-refractivity contribution in [2.45, 2.75) is 31.4 Å². The zero-order chi connectivity index (χ0) is 11.0. The van der Waals surface area contributed by atoms with Crippen molar-refractivity contribution in [3.05, 3.63) is 24.3 Å². The van der Waals surface area contributed by atoms with E-state index in [0.29, 0.717) is 18.1 Å². The first-order valence-corrected chi connectivity index (χ1v) is 6.07. The van der Waals surface area contributed by atoms with Crippen LogP contribution < -0.4 is 15.8 Å². The Bertz CT molecular complexity index is 355. The molecule has 3 heteroatoms. The van der Waals surface area contributed by atoms with E-state index < -0.39 is 0 Å². The normalized spacial score (nSPS) is 32.6. The van der Waals surface area contributed by atoms with Crippen molar-refractivity contribution < 1.29 is 4.74 Å². The fourth-order valence-corrected chi connectivity index (χ4v) is 2.79. The number of piperidine rings is 2. The van der Waals surface area contributed by atoms with Crippen molar-refractivity contribution in [1.82, 2.24) is 5.32 Å². The van der Waals surface area contributed by atoms with Crippen LogP contribution in [0.5, 0.6) is 5.75 Å². The van der Waals surface area contributed by atoms with E-state index in [1.54, 1.807) is 0 Å². The highest BCUT2D eigenvalue weighted by Gasteiger charge is 2.36. The Hall–Kier alpha value is -1.22. The molecular weight excluding hydrogens is 200 g/mol. The van der Waals surface area contributed by atoms with Gasteiger partial charge in [0.05, 0.1) is 0 Å². The van der Waals surface area contributed by atoms with Gasteiger partial charge in [-0.2, -0.15) is 0 Å². The van der Waals surface area contributed by atoms with Crippen LogP contribution in [-0.4, -0.2) is 18.7 Å². The van der Waals surface area contributed by atoms with E-state index in [1.807, 2.05) is 24.3 Å². The second-order valence-corrected chi connectivity index (χ2v) is 4.90. The third-order valence-corrected chi connectivity index (χ3v) is 3.76. The predicted octanol–water partition coefficient (Wildman–Crippen LogP) is 1.79. The van der Waals surface area contributed by atoms with Gasteiger partial charge in [0.2, 0.25) is 0 Å². The minimum absolute atomic E-state index is 0.392. The fraction of sp³-hybridized carbons (Fsp3) is 0.538. The smallest absolute Gasteiger partial charge is 0.119 e. The first kappa shape index (κ1) is 9.97. The third kappa shape index (κ3) is 1.87. The molecule has 4 rings (SSSR count). The summed E-state index contributed by atoms with van der Waals surface area (Å²) in [6.07, 6.45) is 4.15. The molecule has 3 atom stereocenters. The maximum atomic E-state index is 6.05. The number of ether oxygens (including phenoxy) is 1. The van der Waals surface area contributed by atoms with Crippen molar-refractivity contribution in [2.24, 2.45) is 5.92 Å². The minimum atomic E-state index is 0.392. The molecule has 0 radical (unpaired) electrons. The van der Waals surface area contributed by atoms with Crippen LogP contribution in [0.15, 0.2) is 24.3 Å². The van der Waals surface area contributed by atoms with Gasteiger partial charge in [0.1, 0.15) is 11.9 Å². The number of hydrogen-bond acceptors (Lipinski definition) is 3. The first-order valence-electron chi connectivity index (χ1n) is 6.07. The quantitative estimate of drug-likeness (QED) is 0.744. The Morgan fingerprint density at radius 3 is 2.56 bits per heavy atom. The molecule has 2 heterocycles. The Balaban J connectivity index is 1.68. The summed E-state index contributed by atoms with van der Waals surface area (Å²) in [5, 5.41) is 3.54. The van der Waals surface area contributed by atoms with Crippen molar-refractivity contribution >= 4 is 5.69 Å². The second-order valence-electron chi connectivity index (χ2n) is 4.90. The molecule has 16 heavy (non-hydrogen) atoms. The van der Waals surface area contributed by atoms with E-state index in [0.717, 1.165) is 24.4 Å². The fourth-order valence-electron chi connectivity index (χ4n) is 2.79. The molecule has 2 bridgehead atoms. The van der Waals surface area contributed by atoms with Crippen LogP contribution in [0.2, 0.25) is 0 Å². The maximum Gasteiger partial charge on any atom is 0.119 e. The predicted molar refractivity (Wildman–Crippen MR) is 64.4 cm³/mol. The van der Waals surface area contributed by atoms with E-state index in [4.69, 9.17) is 10.5 Å². The molecule has 3 N–H and O–H groups in total. The summed E-state index contributed by atoms with van der Waals surface area (Å²) >= 11 is 0. The maximum absolute atomic E-state index is 6.05. The standard InChI is InChI=1S/C13H18N2O/c14-10-2-5-12(6-3-10)16-13-7-11-4-1-9(13)8-15-11/h2-3,5-6,9,11,13,15H,1,4,7-8,14H2. The Morgan fingerprint density at radius 1 is 1.19 bits per heavy atom. The molecule has 1 aliphatic carbocycles. The van der Waals surface area contributed by atoms with Crippen molar-refractivity contribution in [3.63, 3.8) is 0 Å². The number of nitrogens with one attached hydrogen (secondary N) is 1. The number of nitrogen functional groups attached to an aromatic ring is 1. The highest BCUT2D eigenvalue weighted by Crippen LogP contribution is 2.32. The zero-order valence-electron chi connectivity index (χ0n) is 9.36. The summed E-state index contributed by atoms with van der Waals surface area (Å²) in [5.41, 5.74) is 6.45. The van der Waals surface area contributed by atoms with E-state index in [-0.39, 0.29) is 0 Å². The van der Waals surface area contributed by atoms with Crippen LogP contribution in [0.1, 0.15) is 19.3 Å². The third-order valence-electron chi connectivity index (χ3n) is 3.76.